The molecule has 1 aliphatic carbocycles. The molecule has 2 rings (SSSR count). The van der Waals surface area contributed by atoms with Gasteiger partial charge in [0.2, 0.25) is 0 Å². The lowest BCUT2D eigenvalue weighted by Crippen LogP contribution is -2.51. The zero-order chi connectivity index (χ0) is 18.4. The number of carbonyl (C=O) groups is 1. The van der Waals surface area contributed by atoms with Gasteiger partial charge in [0, 0.05) is 32.7 Å². The Morgan fingerprint density at radius 1 is 1.24 bits per heavy atom. The maximum absolute atomic E-state index is 11.7. The van der Waals surface area contributed by atoms with Crippen LogP contribution in [0.5, 0.6) is 0 Å². The monoisotopic (exact) mass is 356 g/mol. The normalized spacial score (nSPS) is 28.6. The first kappa shape index (κ1) is 20.5. The number of aliphatic hydroxyl groups excluding tert-OH is 1. The number of ether oxygens (including phenoxy) is 2. The van der Waals surface area contributed by atoms with Crippen LogP contribution in [-0.4, -0.2) is 79.1 Å². The van der Waals surface area contributed by atoms with E-state index < -0.39 is 6.10 Å². The molecule has 3 atom stereocenters. The zero-order valence-corrected chi connectivity index (χ0v) is 16.4. The first-order chi connectivity index (χ1) is 11.8. The highest BCUT2D eigenvalue weighted by Gasteiger charge is 2.33. The molecule has 0 unspecified atom stereocenters. The van der Waals surface area contributed by atoms with Crippen molar-refractivity contribution in [3.05, 3.63) is 0 Å². The van der Waals surface area contributed by atoms with Crippen molar-refractivity contribution in [1.29, 1.82) is 0 Å². The second-order valence-corrected chi connectivity index (χ2v) is 8.51. The van der Waals surface area contributed by atoms with Gasteiger partial charge < -0.3 is 19.5 Å². The third-order valence-electron chi connectivity index (χ3n) is 5.24. The van der Waals surface area contributed by atoms with Crippen LogP contribution in [0.15, 0.2) is 0 Å². The molecule has 0 aromatic carbocycles. The summed E-state index contributed by atoms with van der Waals surface area (Å²) in [6.45, 7) is 13.0. The van der Waals surface area contributed by atoms with E-state index in [0.717, 1.165) is 25.9 Å². The number of β-amino-alcohol motifs (C(OH)–C–C–N with tert-alkyl or cyclic N) is 1. The predicted octanol–water partition coefficient (Wildman–Crippen LogP) is 2.35. The molecule has 1 aliphatic heterocycles. The fourth-order valence-corrected chi connectivity index (χ4v) is 4.31. The first-order valence-corrected chi connectivity index (χ1v) is 9.73. The average Bonchev–Trinajstić information content (AvgIpc) is 2.52. The van der Waals surface area contributed by atoms with Crippen LogP contribution in [0.3, 0.4) is 0 Å². The van der Waals surface area contributed by atoms with Crippen molar-refractivity contribution in [3.8, 4) is 0 Å². The quantitative estimate of drug-likeness (QED) is 0.791. The molecule has 1 saturated heterocycles. The van der Waals surface area contributed by atoms with Crippen molar-refractivity contribution in [2.75, 3.05) is 45.9 Å². The summed E-state index contributed by atoms with van der Waals surface area (Å²) >= 11 is 0. The summed E-state index contributed by atoms with van der Waals surface area (Å²) in [4.78, 5) is 15.6. The fourth-order valence-electron chi connectivity index (χ4n) is 4.31. The van der Waals surface area contributed by atoms with Crippen LogP contribution in [0, 0.1) is 11.3 Å². The van der Waals surface area contributed by atoms with Gasteiger partial charge in [-0.2, -0.15) is 0 Å². The van der Waals surface area contributed by atoms with Crippen LogP contribution >= 0.6 is 0 Å². The van der Waals surface area contributed by atoms with E-state index in [1.54, 1.807) is 4.90 Å². The van der Waals surface area contributed by atoms with Crippen molar-refractivity contribution < 1.29 is 19.4 Å². The maximum Gasteiger partial charge on any atom is 0.409 e. The first-order valence-electron chi connectivity index (χ1n) is 9.73. The van der Waals surface area contributed by atoms with Gasteiger partial charge in [0.25, 0.3) is 0 Å². The van der Waals surface area contributed by atoms with Gasteiger partial charge in [-0.15, -0.1) is 0 Å². The summed E-state index contributed by atoms with van der Waals surface area (Å²) in [5, 5.41) is 10.3. The number of rotatable bonds is 6. The third-order valence-corrected chi connectivity index (χ3v) is 5.24. The summed E-state index contributed by atoms with van der Waals surface area (Å²) in [6, 6.07) is 0. The molecule has 6 nitrogen and oxygen atoms in total. The van der Waals surface area contributed by atoms with Crippen molar-refractivity contribution in [2.24, 2.45) is 11.3 Å². The molecule has 0 aromatic heterocycles. The highest BCUT2D eigenvalue weighted by molar-refractivity contribution is 5.67. The molecular formula is C19H36N2O4. The Balaban J connectivity index is 1.66. The Bertz CT molecular complexity index is 422. The van der Waals surface area contributed by atoms with E-state index in [2.05, 4.69) is 25.7 Å². The van der Waals surface area contributed by atoms with Gasteiger partial charge in [0.05, 0.1) is 25.4 Å². The van der Waals surface area contributed by atoms with E-state index in [0.29, 0.717) is 44.2 Å². The molecule has 1 amide bonds. The molecule has 0 aromatic rings. The maximum atomic E-state index is 11.7. The van der Waals surface area contributed by atoms with E-state index in [4.69, 9.17) is 9.47 Å². The van der Waals surface area contributed by atoms with Crippen LogP contribution in [0.4, 0.5) is 4.79 Å². The summed E-state index contributed by atoms with van der Waals surface area (Å²) in [5.41, 5.74) is 0.330. The van der Waals surface area contributed by atoms with Crippen LogP contribution in [0.25, 0.3) is 0 Å². The third kappa shape index (κ3) is 6.76. The highest BCUT2D eigenvalue weighted by Crippen LogP contribution is 2.39. The van der Waals surface area contributed by atoms with Crippen molar-refractivity contribution >= 4 is 6.09 Å². The lowest BCUT2D eigenvalue weighted by Gasteiger charge is -2.39. The number of piperazine rings is 1. The number of carbonyl (C=O) groups excluding carboxylic acids is 1. The predicted molar refractivity (Wildman–Crippen MR) is 97.6 cm³/mol. The molecule has 2 aliphatic rings. The SMILES string of the molecule is CCOC(=O)N1CCN(C[C@H](O)CO[C@@H]2C[C@@H](C)CC(C)(C)C2)CC1. The lowest BCUT2D eigenvalue weighted by atomic mass is 9.71. The summed E-state index contributed by atoms with van der Waals surface area (Å²) in [6.07, 6.45) is 2.96. The number of hydrogen-bond acceptors (Lipinski definition) is 5. The molecule has 0 bridgehead atoms. The van der Waals surface area contributed by atoms with Gasteiger partial charge in [0.15, 0.2) is 0 Å². The van der Waals surface area contributed by atoms with Crippen molar-refractivity contribution in [2.45, 2.75) is 59.2 Å². The van der Waals surface area contributed by atoms with E-state index >= 15 is 0 Å². The molecule has 1 heterocycles. The molecule has 1 saturated carbocycles. The molecule has 6 heteroatoms. The highest BCUT2D eigenvalue weighted by atomic mass is 16.6. The molecule has 1 N–H and O–H groups in total. The molecule has 0 radical (unpaired) electrons. The van der Waals surface area contributed by atoms with E-state index in [1.807, 2.05) is 6.92 Å². The minimum atomic E-state index is -0.477. The van der Waals surface area contributed by atoms with Crippen LogP contribution < -0.4 is 0 Å². The second kappa shape index (κ2) is 9.19. The molecule has 146 valence electrons. The van der Waals surface area contributed by atoms with Gasteiger partial charge in [-0.05, 0) is 37.5 Å². The Morgan fingerprint density at radius 3 is 2.52 bits per heavy atom. The second-order valence-electron chi connectivity index (χ2n) is 8.51. The number of hydrogen-bond donors (Lipinski definition) is 1. The number of aliphatic hydroxyl groups is 1. The molecular weight excluding hydrogens is 320 g/mol. The van der Waals surface area contributed by atoms with Gasteiger partial charge >= 0.3 is 6.09 Å². The van der Waals surface area contributed by atoms with Crippen LogP contribution in [0.1, 0.15) is 47.0 Å². The van der Waals surface area contributed by atoms with Crippen LogP contribution in [0.2, 0.25) is 0 Å². The minimum Gasteiger partial charge on any atom is -0.450 e. The Morgan fingerprint density at radius 2 is 1.92 bits per heavy atom. The largest absolute Gasteiger partial charge is 0.450 e. The number of amides is 1. The topological polar surface area (TPSA) is 62.2 Å². The number of nitrogens with zero attached hydrogens (tertiary/aromatic N) is 2. The zero-order valence-electron chi connectivity index (χ0n) is 16.4. The van der Waals surface area contributed by atoms with E-state index in [-0.39, 0.29) is 12.2 Å². The Hall–Kier alpha value is -0.850. The fraction of sp³-hybridized carbons (Fsp3) is 0.947. The van der Waals surface area contributed by atoms with E-state index in [1.165, 1.54) is 6.42 Å². The average molecular weight is 357 g/mol. The Kier molecular flexibility index (Phi) is 7.52. The minimum absolute atomic E-state index is 0.236. The smallest absolute Gasteiger partial charge is 0.409 e. The van der Waals surface area contributed by atoms with Gasteiger partial charge in [-0.25, -0.2) is 4.79 Å². The van der Waals surface area contributed by atoms with Gasteiger partial charge in [-0.1, -0.05) is 20.8 Å². The summed E-state index contributed by atoms with van der Waals surface area (Å²) in [7, 11) is 0. The summed E-state index contributed by atoms with van der Waals surface area (Å²) in [5.74, 6) is 0.682. The van der Waals surface area contributed by atoms with Crippen LogP contribution in [-0.2, 0) is 9.47 Å². The van der Waals surface area contributed by atoms with Gasteiger partial charge in [0.1, 0.15) is 0 Å². The van der Waals surface area contributed by atoms with Gasteiger partial charge in [-0.3, -0.25) is 4.90 Å². The van der Waals surface area contributed by atoms with E-state index in [9.17, 15) is 9.90 Å². The molecule has 0 spiro atoms. The molecule has 25 heavy (non-hydrogen) atoms. The standard InChI is InChI=1S/C19H36N2O4/c1-5-24-18(23)21-8-6-20(7-9-21)13-16(22)14-25-17-10-15(2)11-19(3,4)12-17/h15-17,22H,5-14H2,1-4H3/t15-,16+,17-/m1/s1. The molecule has 2 fully saturated rings. The Labute approximate surface area is 152 Å². The summed E-state index contributed by atoms with van der Waals surface area (Å²) < 4.78 is 11.1. The lowest BCUT2D eigenvalue weighted by molar-refractivity contribution is -0.0631. The van der Waals surface area contributed by atoms with Crippen molar-refractivity contribution in [1.82, 2.24) is 9.80 Å². The van der Waals surface area contributed by atoms with Crippen molar-refractivity contribution in [3.63, 3.8) is 0 Å².